The van der Waals surface area contributed by atoms with E-state index in [0.29, 0.717) is 13.1 Å². The molecule has 0 fully saturated rings. The zero-order chi connectivity index (χ0) is 17.4. The maximum atomic E-state index is 11.7. The third-order valence-electron chi connectivity index (χ3n) is 3.71. The zero-order valence-electron chi connectivity index (χ0n) is 14.5. The Morgan fingerprint density at radius 2 is 1.84 bits per heavy atom. The van der Waals surface area contributed by atoms with Crippen LogP contribution in [-0.2, 0) is 6.54 Å². The number of anilines is 2. The van der Waals surface area contributed by atoms with E-state index in [1.807, 2.05) is 0 Å². The summed E-state index contributed by atoms with van der Waals surface area (Å²) in [5, 5.41) is 12.8. The SMILES string of the molecule is CCN(CC)c1ccc(CNCCNC(=O)c2nonc2N)cc1.Cl. The molecular formula is C16H25ClN6O2. The first-order valence-corrected chi connectivity index (χ1v) is 8.06. The summed E-state index contributed by atoms with van der Waals surface area (Å²) in [5.41, 5.74) is 7.90. The number of hydrogen-bond acceptors (Lipinski definition) is 7. The second-order valence-electron chi connectivity index (χ2n) is 5.27. The fraction of sp³-hybridized carbons (Fsp3) is 0.438. The van der Waals surface area contributed by atoms with Gasteiger partial charge in [-0.05, 0) is 41.9 Å². The van der Waals surface area contributed by atoms with Crippen molar-refractivity contribution in [2.45, 2.75) is 20.4 Å². The lowest BCUT2D eigenvalue weighted by Crippen LogP contribution is -2.32. The van der Waals surface area contributed by atoms with Gasteiger partial charge in [-0.25, -0.2) is 4.63 Å². The van der Waals surface area contributed by atoms with Gasteiger partial charge in [0, 0.05) is 38.4 Å². The van der Waals surface area contributed by atoms with Gasteiger partial charge >= 0.3 is 0 Å². The molecule has 1 amide bonds. The molecule has 1 heterocycles. The largest absolute Gasteiger partial charge is 0.379 e. The minimum atomic E-state index is -0.390. The fourth-order valence-corrected chi connectivity index (χ4v) is 2.35. The molecular weight excluding hydrogens is 344 g/mol. The van der Waals surface area contributed by atoms with Crippen LogP contribution in [-0.4, -0.2) is 42.4 Å². The summed E-state index contributed by atoms with van der Waals surface area (Å²) in [6, 6.07) is 8.49. The maximum absolute atomic E-state index is 11.7. The van der Waals surface area contributed by atoms with Gasteiger partial charge in [0.25, 0.3) is 5.91 Å². The third kappa shape index (κ3) is 5.91. The summed E-state index contributed by atoms with van der Waals surface area (Å²) in [6.45, 7) is 8.13. The van der Waals surface area contributed by atoms with Crippen molar-refractivity contribution in [1.82, 2.24) is 20.9 Å². The Morgan fingerprint density at radius 1 is 1.16 bits per heavy atom. The summed E-state index contributed by atoms with van der Waals surface area (Å²) in [4.78, 5) is 14.0. The third-order valence-corrected chi connectivity index (χ3v) is 3.71. The summed E-state index contributed by atoms with van der Waals surface area (Å²) in [6.07, 6.45) is 0. The van der Waals surface area contributed by atoms with Crippen LogP contribution in [0.4, 0.5) is 11.5 Å². The van der Waals surface area contributed by atoms with Gasteiger partial charge < -0.3 is 21.3 Å². The van der Waals surface area contributed by atoms with Crippen LogP contribution in [0.2, 0.25) is 0 Å². The number of carbonyl (C=O) groups is 1. The highest BCUT2D eigenvalue weighted by Crippen LogP contribution is 2.14. The van der Waals surface area contributed by atoms with E-state index in [-0.39, 0.29) is 29.8 Å². The molecule has 1 aromatic carbocycles. The van der Waals surface area contributed by atoms with E-state index in [1.165, 1.54) is 11.3 Å². The van der Waals surface area contributed by atoms with Crippen molar-refractivity contribution in [3.63, 3.8) is 0 Å². The fourth-order valence-electron chi connectivity index (χ4n) is 2.35. The first-order chi connectivity index (χ1) is 11.7. The molecule has 0 aliphatic rings. The van der Waals surface area contributed by atoms with Crippen molar-refractivity contribution >= 4 is 29.8 Å². The van der Waals surface area contributed by atoms with Crippen molar-refractivity contribution in [2.24, 2.45) is 0 Å². The molecule has 9 heteroatoms. The molecule has 4 N–H and O–H groups in total. The predicted octanol–water partition coefficient (Wildman–Crippen LogP) is 1.44. The Morgan fingerprint density at radius 3 is 2.40 bits per heavy atom. The van der Waals surface area contributed by atoms with Crippen LogP contribution in [0.15, 0.2) is 28.9 Å². The van der Waals surface area contributed by atoms with Crippen LogP contribution in [0.3, 0.4) is 0 Å². The molecule has 0 saturated heterocycles. The first-order valence-electron chi connectivity index (χ1n) is 8.06. The number of halogens is 1. The molecule has 0 aliphatic carbocycles. The number of nitrogens with one attached hydrogen (secondary N) is 2. The Bertz CT molecular complexity index is 642. The molecule has 0 radical (unpaired) electrons. The lowest BCUT2D eigenvalue weighted by molar-refractivity contribution is 0.0944. The van der Waals surface area contributed by atoms with Gasteiger partial charge in [0.1, 0.15) is 0 Å². The van der Waals surface area contributed by atoms with E-state index in [9.17, 15) is 4.79 Å². The van der Waals surface area contributed by atoms with Gasteiger partial charge in [0.15, 0.2) is 0 Å². The van der Waals surface area contributed by atoms with E-state index >= 15 is 0 Å². The van der Waals surface area contributed by atoms with Crippen LogP contribution in [0, 0.1) is 0 Å². The van der Waals surface area contributed by atoms with Gasteiger partial charge in [-0.1, -0.05) is 12.1 Å². The Labute approximate surface area is 153 Å². The van der Waals surface area contributed by atoms with E-state index in [1.54, 1.807) is 0 Å². The van der Waals surface area contributed by atoms with Crippen LogP contribution in [0.25, 0.3) is 0 Å². The molecule has 0 atom stereocenters. The number of nitrogens with two attached hydrogens (primary N) is 1. The predicted molar refractivity (Wildman–Crippen MR) is 100 cm³/mol. The Balaban J connectivity index is 0.00000312. The highest BCUT2D eigenvalue weighted by atomic mass is 35.5. The average Bonchev–Trinajstić information content (AvgIpc) is 3.03. The number of rotatable bonds is 9. The Kier molecular flexibility index (Phi) is 8.73. The van der Waals surface area contributed by atoms with Gasteiger partial charge in [0.05, 0.1) is 0 Å². The number of carbonyl (C=O) groups excluding carboxylic acids is 1. The van der Waals surface area contributed by atoms with Crippen LogP contribution >= 0.6 is 12.4 Å². The van der Waals surface area contributed by atoms with Gasteiger partial charge in [-0.3, -0.25) is 4.79 Å². The monoisotopic (exact) mass is 368 g/mol. The molecule has 1 aromatic heterocycles. The average molecular weight is 369 g/mol. The molecule has 8 nitrogen and oxygen atoms in total. The lowest BCUT2D eigenvalue weighted by atomic mass is 10.2. The molecule has 25 heavy (non-hydrogen) atoms. The topological polar surface area (TPSA) is 109 Å². The molecule has 0 spiro atoms. The standard InChI is InChI=1S/C16H24N6O2.ClH/c1-3-22(4-2)13-7-5-12(6-8-13)11-18-9-10-19-16(23)14-15(17)21-24-20-14;/h5-8,18H,3-4,9-11H2,1-2H3,(H2,17,21)(H,19,23);1H. The van der Waals surface area contributed by atoms with Crippen LogP contribution in [0.5, 0.6) is 0 Å². The number of amides is 1. The van der Waals surface area contributed by atoms with E-state index in [2.05, 4.69) is 68.6 Å². The van der Waals surface area contributed by atoms with Gasteiger partial charge in [-0.2, -0.15) is 0 Å². The number of nitrogen functional groups attached to an aromatic ring is 1. The first kappa shape index (κ1) is 20.7. The highest BCUT2D eigenvalue weighted by molar-refractivity contribution is 5.95. The molecule has 138 valence electrons. The van der Waals surface area contributed by atoms with E-state index < -0.39 is 0 Å². The second kappa shape index (κ2) is 10.5. The van der Waals surface area contributed by atoms with Crippen molar-refractivity contribution in [2.75, 3.05) is 36.8 Å². The van der Waals surface area contributed by atoms with Gasteiger partial charge in [-0.15, -0.1) is 12.4 Å². The van der Waals surface area contributed by atoms with E-state index in [0.717, 1.165) is 19.6 Å². The minimum absolute atomic E-state index is 0. The molecule has 0 aliphatic heterocycles. The highest BCUT2D eigenvalue weighted by Gasteiger charge is 2.14. The zero-order valence-corrected chi connectivity index (χ0v) is 15.3. The molecule has 0 unspecified atom stereocenters. The van der Waals surface area contributed by atoms with Crippen molar-refractivity contribution < 1.29 is 9.42 Å². The molecule has 2 rings (SSSR count). The van der Waals surface area contributed by atoms with Crippen LogP contribution in [0.1, 0.15) is 29.9 Å². The maximum Gasteiger partial charge on any atom is 0.277 e. The number of hydrogen-bond donors (Lipinski definition) is 3. The van der Waals surface area contributed by atoms with E-state index in [4.69, 9.17) is 5.73 Å². The molecule has 0 bridgehead atoms. The lowest BCUT2D eigenvalue weighted by Gasteiger charge is -2.21. The normalized spacial score (nSPS) is 10.2. The number of benzene rings is 1. The summed E-state index contributed by atoms with van der Waals surface area (Å²) in [5.74, 6) is -0.395. The minimum Gasteiger partial charge on any atom is -0.379 e. The van der Waals surface area contributed by atoms with Crippen molar-refractivity contribution in [1.29, 1.82) is 0 Å². The van der Waals surface area contributed by atoms with Crippen LogP contribution < -0.4 is 21.3 Å². The quantitative estimate of drug-likeness (QED) is 0.574. The Hall–Kier alpha value is -2.32. The van der Waals surface area contributed by atoms with Crippen molar-refractivity contribution in [3.8, 4) is 0 Å². The molecule has 2 aromatic rings. The van der Waals surface area contributed by atoms with Gasteiger partial charge in [0.2, 0.25) is 11.5 Å². The smallest absolute Gasteiger partial charge is 0.277 e. The molecule has 0 saturated carbocycles. The summed E-state index contributed by atoms with van der Waals surface area (Å²) in [7, 11) is 0. The summed E-state index contributed by atoms with van der Waals surface area (Å²) < 4.78 is 4.39. The summed E-state index contributed by atoms with van der Waals surface area (Å²) >= 11 is 0. The second-order valence-corrected chi connectivity index (χ2v) is 5.27. The van der Waals surface area contributed by atoms with Crippen molar-refractivity contribution in [3.05, 3.63) is 35.5 Å². The number of aromatic nitrogens is 2. The number of nitrogens with zero attached hydrogens (tertiary/aromatic N) is 3.